The number of rotatable bonds is 10. The number of fused-ring (bicyclic) bond motifs is 1. The molecule has 6 aromatic rings. The number of benzene rings is 4. The molecule has 0 fully saturated rings. The molecule has 8 nitrogen and oxygen atoms in total. The summed E-state index contributed by atoms with van der Waals surface area (Å²) in [6.07, 6.45) is 3.46. The topological polar surface area (TPSA) is 116 Å². The number of anilines is 2. The van der Waals surface area contributed by atoms with E-state index < -0.39 is 11.8 Å². The Bertz CT molecular complexity index is 2040. The average molecular weight is 644 g/mol. The van der Waals surface area contributed by atoms with Crippen LogP contribution in [0.3, 0.4) is 0 Å². The molecule has 0 aliphatic rings. The first-order chi connectivity index (χ1) is 22.4. The molecule has 0 radical (unpaired) electrons. The van der Waals surface area contributed by atoms with Crippen LogP contribution in [0.5, 0.6) is 0 Å². The number of thiazole rings is 1. The van der Waals surface area contributed by atoms with Gasteiger partial charge in [-0.25, -0.2) is 4.98 Å². The van der Waals surface area contributed by atoms with E-state index in [-0.39, 0.29) is 17.4 Å². The van der Waals surface area contributed by atoms with Crippen LogP contribution < -0.4 is 16.0 Å². The second kappa shape index (κ2) is 14.1. The number of aromatic amines is 1. The lowest BCUT2D eigenvalue weighted by Crippen LogP contribution is -2.30. The Labute approximate surface area is 274 Å². The number of carbonyl (C=O) groups excluding carboxylic acids is 3. The second-order valence-electron chi connectivity index (χ2n) is 10.3. The minimum Gasteiger partial charge on any atom is -0.361 e. The van der Waals surface area contributed by atoms with Gasteiger partial charge < -0.3 is 20.9 Å². The van der Waals surface area contributed by atoms with E-state index in [2.05, 4.69) is 25.9 Å². The predicted molar refractivity (Wildman–Crippen MR) is 187 cm³/mol. The number of carbonyl (C=O) groups is 3. The van der Waals surface area contributed by atoms with Gasteiger partial charge in [-0.1, -0.05) is 66.7 Å². The van der Waals surface area contributed by atoms with Crippen molar-refractivity contribution in [2.45, 2.75) is 11.8 Å². The smallest absolute Gasteiger partial charge is 0.272 e. The third-order valence-corrected chi connectivity index (χ3v) is 8.92. The van der Waals surface area contributed by atoms with Gasteiger partial charge in [-0.05, 0) is 55.5 Å². The Morgan fingerprint density at radius 2 is 1.54 bits per heavy atom. The molecular weight excluding hydrogens is 615 g/mol. The molecule has 0 saturated heterocycles. The fourth-order valence-corrected chi connectivity index (χ4v) is 6.31. The summed E-state index contributed by atoms with van der Waals surface area (Å²) in [7, 11) is 0. The summed E-state index contributed by atoms with van der Waals surface area (Å²) < 4.78 is 0. The Balaban J connectivity index is 1.10. The Morgan fingerprint density at radius 1 is 0.848 bits per heavy atom. The second-order valence-corrected chi connectivity index (χ2v) is 12.5. The Kier molecular flexibility index (Phi) is 9.37. The van der Waals surface area contributed by atoms with Crippen molar-refractivity contribution in [1.82, 2.24) is 15.3 Å². The minimum absolute atomic E-state index is 0.0987. The normalized spacial score (nSPS) is 11.3. The predicted octanol–water partition coefficient (Wildman–Crippen LogP) is 7.74. The molecule has 0 atom stereocenters. The zero-order valence-corrected chi connectivity index (χ0v) is 26.4. The first-order valence-electron chi connectivity index (χ1n) is 14.4. The van der Waals surface area contributed by atoms with Crippen molar-refractivity contribution < 1.29 is 14.4 Å². The fraction of sp³-hybridized carbons (Fsp3) is 0.0556. The lowest BCUT2D eigenvalue weighted by Gasteiger charge is -2.12. The fourth-order valence-electron chi connectivity index (χ4n) is 4.76. The van der Waals surface area contributed by atoms with Crippen LogP contribution in [0, 0.1) is 6.92 Å². The van der Waals surface area contributed by atoms with Gasteiger partial charge in [0.2, 0.25) is 5.91 Å². The van der Waals surface area contributed by atoms with Crippen LogP contribution in [-0.2, 0) is 9.59 Å². The maximum absolute atomic E-state index is 13.5. The SMILES string of the molecule is Cc1sc(NC(=O)CSc2ccc(NC(=O)/C(=C/c3c[nH]c4ccccc34)NC(=O)c3ccccc3)cc2)nc1-c1ccccc1. The van der Waals surface area contributed by atoms with Gasteiger partial charge in [0.25, 0.3) is 11.8 Å². The highest BCUT2D eigenvalue weighted by molar-refractivity contribution is 8.00. The molecular formula is C36H29N5O3S2. The van der Waals surface area contributed by atoms with E-state index in [9.17, 15) is 14.4 Å². The van der Waals surface area contributed by atoms with E-state index in [1.54, 1.807) is 48.7 Å². The maximum Gasteiger partial charge on any atom is 0.272 e. The van der Waals surface area contributed by atoms with E-state index in [4.69, 9.17) is 0 Å². The number of aromatic nitrogens is 2. The van der Waals surface area contributed by atoms with Gasteiger partial charge in [0.05, 0.1) is 11.4 Å². The van der Waals surface area contributed by atoms with Crippen molar-refractivity contribution in [3.8, 4) is 11.3 Å². The molecule has 2 aromatic heterocycles. The third kappa shape index (κ3) is 7.43. The summed E-state index contributed by atoms with van der Waals surface area (Å²) in [5.74, 6) is -0.815. The summed E-state index contributed by atoms with van der Waals surface area (Å²) >= 11 is 2.83. The average Bonchev–Trinajstić information content (AvgIpc) is 3.67. The van der Waals surface area contributed by atoms with Crippen molar-refractivity contribution in [2.24, 2.45) is 0 Å². The number of amides is 3. The van der Waals surface area contributed by atoms with Gasteiger partial charge in [-0.2, -0.15) is 0 Å². The van der Waals surface area contributed by atoms with Crippen LogP contribution in [-0.4, -0.2) is 33.4 Å². The van der Waals surface area contributed by atoms with Crippen molar-refractivity contribution in [3.63, 3.8) is 0 Å². The molecule has 0 aliphatic heterocycles. The van der Waals surface area contributed by atoms with E-state index in [0.29, 0.717) is 16.4 Å². The molecule has 4 N–H and O–H groups in total. The van der Waals surface area contributed by atoms with Gasteiger partial charge in [-0.15, -0.1) is 23.1 Å². The maximum atomic E-state index is 13.5. The molecule has 0 aliphatic carbocycles. The van der Waals surface area contributed by atoms with Gasteiger partial charge in [0, 0.05) is 49.3 Å². The van der Waals surface area contributed by atoms with Crippen molar-refractivity contribution in [1.29, 1.82) is 0 Å². The highest BCUT2D eigenvalue weighted by Gasteiger charge is 2.17. The lowest BCUT2D eigenvalue weighted by molar-refractivity contribution is -0.114. The summed E-state index contributed by atoms with van der Waals surface area (Å²) in [4.78, 5) is 48.8. The highest BCUT2D eigenvalue weighted by atomic mass is 32.2. The summed E-state index contributed by atoms with van der Waals surface area (Å²) in [6.45, 7) is 1.99. The van der Waals surface area contributed by atoms with Crippen molar-refractivity contribution in [2.75, 3.05) is 16.4 Å². The molecule has 6 rings (SSSR count). The number of hydrogen-bond donors (Lipinski definition) is 4. The van der Waals surface area contributed by atoms with Crippen LogP contribution in [0.25, 0.3) is 28.2 Å². The van der Waals surface area contributed by atoms with E-state index in [0.717, 1.165) is 37.5 Å². The number of para-hydroxylation sites is 1. The lowest BCUT2D eigenvalue weighted by atomic mass is 10.1. The van der Waals surface area contributed by atoms with Gasteiger partial charge >= 0.3 is 0 Å². The largest absolute Gasteiger partial charge is 0.361 e. The number of nitrogens with one attached hydrogen (secondary N) is 4. The van der Waals surface area contributed by atoms with E-state index in [1.807, 2.05) is 79.7 Å². The number of thioether (sulfide) groups is 1. The number of H-pyrrole nitrogens is 1. The van der Waals surface area contributed by atoms with Crippen LogP contribution >= 0.6 is 23.1 Å². The molecule has 0 bridgehead atoms. The molecule has 0 unspecified atom stereocenters. The quantitative estimate of drug-likeness (QED) is 0.0901. The highest BCUT2D eigenvalue weighted by Crippen LogP contribution is 2.30. The third-order valence-electron chi connectivity index (χ3n) is 7.02. The molecule has 4 aromatic carbocycles. The standard InChI is InChI=1S/C36H29N5O3S2/c1-23-33(24-10-4-2-5-11-24)41-36(46-23)40-32(42)22-45-28-18-16-27(17-19-28)38-35(44)31(39-34(43)25-12-6-3-7-13-25)20-26-21-37-30-15-9-8-14-29(26)30/h2-21,37H,22H2,1H3,(H,38,44)(H,39,43)(H,40,41,42)/b31-20-. The number of nitrogens with zero attached hydrogens (tertiary/aromatic N) is 1. The van der Waals surface area contributed by atoms with Gasteiger partial charge in [0.15, 0.2) is 5.13 Å². The monoisotopic (exact) mass is 643 g/mol. The zero-order valence-electron chi connectivity index (χ0n) is 24.7. The van der Waals surface area contributed by atoms with Crippen LogP contribution in [0.15, 0.2) is 126 Å². The van der Waals surface area contributed by atoms with Crippen LogP contribution in [0.2, 0.25) is 0 Å². The molecule has 228 valence electrons. The van der Waals surface area contributed by atoms with E-state index in [1.165, 1.54) is 23.1 Å². The van der Waals surface area contributed by atoms with Gasteiger partial charge in [0.1, 0.15) is 5.70 Å². The molecule has 3 amide bonds. The van der Waals surface area contributed by atoms with Gasteiger partial charge in [-0.3, -0.25) is 14.4 Å². The zero-order chi connectivity index (χ0) is 31.9. The molecule has 0 spiro atoms. The Morgan fingerprint density at radius 3 is 2.30 bits per heavy atom. The molecule has 10 heteroatoms. The van der Waals surface area contributed by atoms with Crippen LogP contribution in [0.1, 0.15) is 20.8 Å². The van der Waals surface area contributed by atoms with Crippen molar-refractivity contribution >= 4 is 68.6 Å². The number of aryl methyl sites for hydroxylation is 1. The summed E-state index contributed by atoms with van der Waals surface area (Å²) in [5, 5.41) is 10.0. The first-order valence-corrected chi connectivity index (χ1v) is 16.2. The molecule has 46 heavy (non-hydrogen) atoms. The first kappa shape index (κ1) is 30.6. The molecule has 0 saturated carbocycles. The van der Waals surface area contributed by atoms with Crippen LogP contribution in [0.4, 0.5) is 10.8 Å². The summed E-state index contributed by atoms with van der Waals surface area (Å²) in [6, 6.07) is 33.5. The van der Waals surface area contributed by atoms with Crippen molar-refractivity contribution in [3.05, 3.63) is 137 Å². The minimum atomic E-state index is -0.469. The van der Waals surface area contributed by atoms with E-state index >= 15 is 0 Å². The Hall–Kier alpha value is -5.45. The molecule has 2 heterocycles. The number of hydrogen-bond acceptors (Lipinski definition) is 6. The summed E-state index contributed by atoms with van der Waals surface area (Å²) in [5.41, 5.74) is 4.65.